The number of hydrogen-bond acceptors (Lipinski definition) is 7. The highest BCUT2D eigenvalue weighted by atomic mass is 16.5. The van der Waals surface area contributed by atoms with E-state index in [0.29, 0.717) is 36.5 Å². The van der Waals surface area contributed by atoms with Crippen LogP contribution < -0.4 is 16.0 Å². The predicted molar refractivity (Wildman–Crippen MR) is 108 cm³/mol. The number of aryl methyl sites for hydroxylation is 2. The van der Waals surface area contributed by atoms with Gasteiger partial charge in [0.25, 0.3) is 0 Å². The third-order valence-corrected chi connectivity index (χ3v) is 4.90. The molecule has 0 aliphatic carbocycles. The van der Waals surface area contributed by atoms with E-state index in [1.807, 2.05) is 14.1 Å². The van der Waals surface area contributed by atoms with Gasteiger partial charge in [-0.1, -0.05) is 5.16 Å². The lowest BCUT2D eigenvalue weighted by atomic mass is 9.97. The minimum atomic E-state index is -0.564. The number of anilines is 1. The highest BCUT2D eigenvalue weighted by molar-refractivity contribution is 5.90. The number of hydrogen-bond donors (Lipinski definition) is 4. The molecule has 2 rings (SSSR count). The van der Waals surface area contributed by atoms with Crippen LogP contribution in [-0.4, -0.2) is 79.1 Å². The zero-order valence-electron chi connectivity index (χ0n) is 17.7. The number of nitrogens with one attached hydrogen (secondary N) is 3. The number of urea groups is 1. The number of aliphatic hydroxyl groups excluding tert-OH is 1. The number of ether oxygens (including phenoxy) is 1. The third kappa shape index (κ3) is 7.30. The van der Waals surface area contributed by atoms with Gasteiger partial charge in [0.15, 0.2) is 5.76 Å². The Bertz CT molecular complexity index is 658. The number of carbonyl (C=O) groups excluding carboxylic acids is 2. The Morgan fingerprint density at radius 3 is 2.66 bits per heavy atom. The predicted octanol–water partition coefficient (Wildman–Crippen LogP) is 0.779. The van der Waals surface area contributed by atoms with Crippen LogP contribution in [0.15, 0.2) is 4.52 Å². The molecular weight excluding hydrogens is 378 g/mol. The summed E-state index contributed by atoms with van der Waals surface area (Å²) in [6.07, 6.45) is 1.53. The van der Waals surface area contributed by atoms with Crippen LogP contribution in [0.4, 0.5) is 10.5 Å². The molecule has 1 fully saturated rings. The highest BCUT2D eigenvalue weighted by Gasteiger charge is 2.33. The molecule has 10 nitrogen and oxygen atoms in total. The fourth-order valence-electron chi connectivity index (χ4n) is 3.33. The molecule has 4 N–H and O–H groups in total. The minimum absolute atomic E-state index is 0.0620. The van der Waals surface area contributed by atoms with Gasteiger partial charge in [-0.15, -0.1) is 0 Å². The third-order valence-electron chi connectivity index (χ3n) is 4.90. The zero-order chi connectivity index (χ0) is 21.4. The van der Waals surface area contributed by atoms with Crippen molar-refractivity contribution in [3.63, 3.8) is 0 Å². The highest BCUT2D eigenvalue weighted by Crippen LogP contribution is 2.23. The molecule has 1 aliphatic rings. The maximum atomic E-state index is 12.3. The summed E-state index contributed by atoms with van der Waals surface area (Å²) in [5, 5.41) is 21.9. The van der Waals surface area contributed by atoms with Crippen molar-refractivity contribution in [2.45, 2.75) is 57.8 Å². The molecule has 0 unspecified atom stereocenters. The van der Waals surface area contributed by atoms with E-state index in [9.17, 15) is 14.7 Å². The van der Waals surface area contributed by atoms with Gasteiger partial charge in [0.2, 0.25) is 5.91 Å². The lowest BCUT2D eigenvalue weighted by molar-refractivity contribution is -0.130. The second-order valence-electron chi connectivity index (χ2n) is 7.67. The molecule has 0 aromatic carbocycles. The van der Waals surface area contributed by atoms with Gasteiger partial charge in [0.1, 0.15) is 17.5 Å². The van der Waals surface area contributed by atoms with Crippen LogP contribution in [0.5, 0.6) is 0 Å². The zero-order valence-corrected chi connectivity index (χ0v) is 17.7. The summed E-state index contributed by atoms with van der Waals surface area (Å²) in [7, 11) is 3.98. The molecule has 1 aromatic heterocycles. The summed E-state index contributed by atoms with van der Waals surface area (Å²) >= 11 is 0. The van der Waals surface area contributed by atoms with Crippen LogP contribution in [0.3, 0.4) is 0 Å². The van der Waals surface area contributed by atoms with Crippen LogP contribution in [0.25, 0.3) is 0 Å². The molecule has 10 heteroatoms. The lowest BCUT2D eigenvalue weighted by Gasteiger charge is -2.35. The second-order valence-corrected chi connectivity index (χ2v) is 7.67. The molecule has 3 atom stereocenters. The Hall–Kier alpha value is -2.17. The molecule has 0 radical (unpaired) electrons. The Kier molecular flexibility index (Phi) is 8.87. The van der Waals surface area contributed by atoms with Gasteiger partial charge in [-0.3, -0.25) is 4.79 Å². The van der Waals surface area contributed by atoms with Crippen molar-refractivity contribution in [1.29, 1.82) is 0 Å². The van der Waals surface area contributed by atoms with E-state index in [-0.39, 0.29) is 31.1 Å². The SMILES string of the molecule is Cc1noc(C)c1NC(=O)N[C@@H]1CC[C@H](CC(=O)NCCCN(C)C)O[C@H]1CO. The van der Waals surface area contributed by atoms with E-state index in [1.165, 1.54) is 0 Å². The molecule has 1 saturated heterocycles. The van der Waals surface area contributed by atoms with Gasteiger partial charge in [-0.25, -0.2) is 4.79 Å². The molecule has 1 aliphatic heterocycles. The molecule has 1 aromatic rings. The van der Waals surface area contributed by atoms with Gasteiger partial charge < -0.3 is 35.2 Å². The standard InChI is InChI=1S/C19H33N5O5/c1-12-18(13(2)29-23-12)22-19(27)21-15-7-6-14(28-16(15)11-25)10-17(26)20-8-5-9-24(3)4/h14-16,25H,5-11H2,1-4H3,(H,20,26)(H2,21,22,27)/t14-,15-,16+/m1/s1. The van der Waals surface area contributed by atoms with Gasteiger partial charge in [0, 0.05) is 6.54 Å². The van der Waals surface area contributed by atoms with Crippen molar-refractivity contribution < 1.29 is 24.0 Å². The molecule has 0 bridgehead atoms. The molecule has 0 saturated carbocycles. The van der Waals surface area contributed by atoms with E-state index in [4.69, 9.17) is 9.26 Å². The summed E-state index contributed by atoms with van der Waals surface area (Å²) in [4.78, 5) is 26.5. The Morgan fingerprint density at radius 1 is 1.28 bits per heavy atom. The average molecular weight is 412 g/mol. The monoisotopic (exact) mass is 411 g/mol. The van der Waals surface area contributed by atoms with Crippen molar-refractivity contribution >= 4 is 17.6 Å². The molecule has 3 amide bonds. The molecule has 2 heterocycles. The van der Waals surface area contributed by atoms with E-state index < -0.39 is 12.1 Å². The van der Waals surface area contributed by atoms with Gasteiger partial charge >= 0.3 is 6.03 Å². The first-order valence-electron chi connectivity index (χ1n) is 9.98. The smallest absolute Gasteiger partial charge is 0.319 e. The van der Waals surface area contributed by atoms with Crippen molar-refractivity contribution in [1.82, 2.24) is 20.7 Å². The van der Waals surface area contributed by atoms with E-state index >= 15 is 0 Å². The summed E-state index contributed by atoms with van der Waals surface area (Å²) < 4.78 is 10.9. The number of carbonyl (C=O) groups is 2. The molecular formula is C19H33N5O5. The lowest BCUT2D eigenvalue weighted by Crippen LogP contribution is -2.52. The Labute approximate surface area is 171 Å². The number of nitrogens with zero attached hydrogens (tertiary/aromatic N) is 2. The maximum Gasteiger partial charge on any atom is 0.319 e. The molecule has 164 valence electrons. The maximum absolute atomic E-state index is 12.3. The normalized spacial score (nSPS) is 21.8. The van der Waals surface area contributed by atoms with Crippen LogP contribution in [-0.2, 0) is 9.53 Å². The first kappa shape index (κ1) is 23.1. The molecule has 0 spiro atoms. The fraction of sp³-hybridized carbons (Fsp3) is 0.737. The minimum Gasteiger partial charge on any atom is -0.394 e. The van der Waals surface area contributed by atoms with Gasteiger partial charge in [-0.05, 0) is 53.8 Å². The van der Waals surface area contributed by atoms with Crippen LogP contribution in [0, 0.1) is 13.8 Å². The summed E-state index contributed by atoms with van der Waals surface area (Å²) in [5.41, 5.74) is 1.12. The topological polar surface area (TPSA) is 129 Å². The first-order valence-corrected chi connectivity index (χ1v) is 9.98. The van der Waals surface area contributed by atoms with E-state index in [1.54, 1.807) is 13.8 Å². The average Bonchev–Trinajstić information content (AvgIpc) is 2.98. The number of amides is 3. The van der Waals surface area contributed by atoms with Gasteiger partial charge in [-0.2, -0.15) is 0 Å². The summed E-state index contributed by atoms with van der Waals surface area (Å²) in [6, 6.07) is -0.761. The van der Waals surface area contributed by atoms with Gasteiger partial charge in [0.05, 0.1) is 25.2 Å². The largest absolute Gasteiger partial charge is 0.394 e. The summed E-state index contributed by atoms with van der Waals surface area (Å²) in [6.45, 7) is 4.75. The quantitative estimate of drug-likeness (QED) is 0.442. The number of aliphatic hydroxyl groups is 1. The fourth-order valence-corrected chi connectivity index (χ4v) is 3.33. The van der Waals surface area contributed by atoms with E-state index in [0.717, 1.165) is 13.0 Å². The molecule has 29 heavy (non-hydrogen) atoms. The Balaban J connectivity index is 1.77. The number of aromatic nitrogens is 1. The first-order chi connectivity index (χ1) is 13.8. The van der Waals surface area contributed by atoms with E-state index in [2.05, 4.69) is 26.0 Å². The van der Waals surface area contributed by atoms with Crippen LogP contribution in [0.1, 0.15) is 37.1 Å². The van der Waals surface area contributed by atoms with Crippen molar-refractivity contribution in [3.8, 4) is 0 Å². The van der Waals surface area contributed by atoms with Crippen molar-refractivity contribution in [2.75, 3.05) is 39.1 Å². The van der Waals surface area contributed by atoms with Crippen LogP contribution in [0.2, 0.25) is 0 Å². The summed E-state index contributed by atoms with van der Waals surface area (Å²) in [5.74, 6) is 0.459. The van der Waals surface area contributed by atoms with Crippen LogP contribution >= 0.6 is 0 Å². The van der Waals surface area contributed by atoms with Crippen molar-refractivity contribution in [3.05, 3.63) is 11.5 Å². The Morgan fingerprint density at radius 2 is 2.03 bits per heavy atom. The second kappa shape index (κ2) is 11.1. The van der Waals surface area contributed by atoms with Crippen molar-refractivity contribution in [2.24, 2.45) is 0 Å². The number of rotatable bonds is 9.